The zero-order chi connectivity index (χ0) is 14.7. The van der Waals surface area contributed by atoms with Crippen molar-refractivity contribution in [3.05, 3.63) is 54.4 Å². The van der Waals surface area contributed by atoms with Crippen LogP contribution in [0.3, 0.4) is 0 Å². The number of nitrogens with two attached hydrogens (primary N) is 1. The highest BCUT2D eigenvalue weighted by Crippen LogP contribution is 2.22. The lowest BCUT2D eigenvalue weighted by molar-refractivity contribution is 0.272. The lowest BCUT2D eigenvalue weighted by Gasteiger charge is -2.01. The maximum Gasteiger partial charge on any atom is 0.153 e. The molecule has 0 unspecified atom stereocenters. The number of nitrogen functional groups attached to an aromatic ring is 1. The smallest absolute Gasteiger partial charge is 0.153 e. The molecule has 0 saturated carbocycles. The number of anilines is 1. The predicted octanol–water partition coefficient (Wildman–Crippen LogP) is 3.01. The minimum Gasteiger partial charge on any atom is -0.501 e. The normalized spacial score (nSPS) is 11.3. The minimum absolute atomic E-state index is 0.538. The van der Waals surface area contributed by atoms with Crippen molar-refractivity contribution in [1.82, 2.24) is 14.8 Å². The van der Waals surface area contributed by atoms with Crippen LogP contribution in [0.1, 0.15) is 12.5 Å². The van der Waals surface area contributed by atoms with Crippen molar-refractivity contribution in [3.63, 3.8) is 0 Å². The van der Waals surface area contributed by atoms with E-state index in [2.05, 4.69) is 10.1 Å². The van der Waals surface area contributed by atoms with Crippen LogP contribution in [0.2, 0.25) is 0 Å². The Morgan fingerprint density at radius 1 is 1.29 bits per heavy atom. The standard InChI is InChI=1S/C16H16N4O/c1-2-21-9-8-12-10-14-15(18-11-12)16(17)20(19-14)13-6-4-3-5-7-13/h3-11H,2,17H2,1H3. The highest BCUT2D eigenvalue weighted by atomic mass is 16.5. The van der Waals surface area contributed by atoms with Crippen LogP contribution in [0.15, 0.2) is 48.9 Å². The van der Waals surface area contributed by atoms with Crippen LogP contribution in [0.25, 0.3) is 22.8 Å². The fraction of sp³-hybridized carbons (Fsp3) is 0.125. The number of fused-ring (bicyclic) bond motifs is 1. The monoisotopic (exact) mass is 280 g/mol. The Morgan fingerprint density at radius 3 is 2.86 bits per heavy atom. The Labute approximate surface area is 122 Å². The van der Waals surface area contributed by atoms with Gasteiger partial charge in [0.2, 0.25) is 0 Å². The summed E-state index contributed by atoms with van der Waals surface area (Å²) in [7, 11) is 0. The van der Waals surface area contributed by atoms with Gasteiger partial charge in [0.05, 0.1) is 18.6 Å². The van der Waals surface area contributed by atoms with Crippen LogP contribution in [0.4, 0.5) is 5.82 Å². The molecule has 0 spiro atoms. The summed E-state index contributed by atoms with van der Waals surface area (Å²) >= 11 is 0. The molecule has 0 radical (unpaired) electrons. The first-order valence-corrected chi connectivity index (χ1v) is 6.77. The topological polar surface area (TPSA) is 66.0 Å². The summed E-state index contributed by atoms with van der Waals surface area (Å²) < 4.78 is 6.89. The molecule has 21 heavy (non-hydrogen) atoms. The van der Waals surface area contributed by atoms with Crippen LogP contribution in [0.5, 0.6) is 0 Å². The maximum atomic E-state index is 6.14. The molecule has 106 valence electrons. The van der Waals surface area contributed by atoms with E-state index in [1.54, 1.807) is 17.1 Å². The summed E-state index contributed by atoms with van der Waals surface area (Å²) in [5.41, 5.74) is 9.44. The fourth-order valence-corrected chi connectivity index (χ4v) is 2.08. The molecule has 0 bridgehead atoms. The largest absolute Gasteiger partial charge is 0.501 e. The Bertz CT molecular complexity index is 778. The lowest BCUT2D eigenvalue weighted by Crippen LogP contribution is -2.01. The third-order valence-corrected chi connectivity index (χ3v) is 3.09. The van der Waals surface area contributed by atoms with Crippen LogP contribution in [-0.4, -0.2) is 21.4 Å². The van der Waals surface area contributed by atoms with E-state index in [0.717, 1.165) is 16.8 Å². The van der Waals surface area contributed by atoms with E-state index in [1.165, 1.54) is 0 Å². The van der Waals surface area contributed by atoms with E-state index in [0.29, 0.717) is 17.9 Å². The molecule has 0 atom stereocenters. The maximum absolute atomic E-state index is 6.14. The molecule has 3 aromatic rings. The van der Waals surface area contributed by atoms with Crippen molar-refractivity contribution in [2.24, 2.45) is 0 Å². The zero-order valence-electron chi connectivity index (χ0n) is 11.7. The van der Waals surface area contributed by atoms with Gasteiger partial charge in [-0.3, -0.25) is 4.98 Å². The fourth-order valence-electron chi connectivity index (χ4n) is 2.08. The number of benzene rings is 1. The number of pyridine rings is 1. The molecule has 3 rings (SSSR count). The van der Waals surface area contributed by atoms with Gasteiger partial charge in [0, 0.05) is 6.20 Å². The van der Waals surface area contributed by atoms with Crippen molar-refractivity contribution >= 4 is 22.9 Å². The van der Waals surface area contributed by atoms with Crippen LogP contribution in [-0.2, 0) is 4.74 Å². The van der Waals surface area contributed by atoms with Gasteiger partial charge in [-0.2, -0.15) is 5.10 Å². The predicted molar refractivity (Wildman–Crippen MR) is 83.9 cm³/mol. The van der Waals surface area contributed by atoms with Gasteiger partial charge in [0.1, 0.15) is 11.0 Å². The van der Waals surface area contributed by atoms with E-state index in [9.17, 15) is 0 Å². The highest BCUT2D eigenvalue weighted by Gasteiger charge is 2.10. The molecule has 0 amide bonds. The quantitative estimate of drug-likeness (QED) is 0.746. The van der Waals surface area contributed by atoms with Gasteiger partial charge in [-0.25, -0.2) is 4.68 Å². The first kappa shape index (κ1) is 13.2. The number of ether oxygens (including phenoxy) is 1. The lowest BCUT2D eigenvalue weighted by atomic mass is 10.2. The molecular weight excluding hydrogens is 264 g/mol. The average molecular weight is 280 g/mol. The summed E-state index contributed by atoms with van der Waals surface area (Å²) in [6.45, 7) is 2.58. The zero-order valence-corrected chi connectivity index (χ0v) is 11.7. The number of aromatic nitrogens is 3. The number of rotatable bonds is 4. The van der Waals surface area contributed by atoms with E-state index in [-0.39, 0.29) is 0 Å². The average Bonchev–Trinajstić information content (AvgIpc) is 2.85. The molecular formula is C16H16N4O. The summed E-state index contributed by atoms with van der Waals surface area (Å²) in [5, 5.41) is 4.53. The third kappa shape index (κ3) is 2.58. The number of para-hydroxylation sites is 1. The van der Waals surface area contributed by atoms with Crippen molar-refractivity contribution in [3.8, 4) is 5.69 Å². The first-order valence-electron chi connectivity index (χ1n) is 6.77. The van der Waals surface area contributed by atoms with E-state index >= 15 is 0 Å². The number of hydrogen-bond donors (Lipinski definition) is 1. The SMILES string of the molecule is CCOC=Cc1cnc2c(N)n(-c3ccccc3)nc2c1. The van der Waals surface area contributed by atoms with Gasteiger partial charge in [-0.05, 0) is 36.8 Å². The Kier molecular flexibility index (Phi) is 3.55. The molecule has 2 heterocycles. The Balaban J connectivity index is 2.04. The molecule has 0 aliphatic rings. The van der Waals surface area contributed by atoms with Gasteiger partial charge in [0.25, 0.3) is 0 Å². The second-order valence-electron chi connectivity index (χ2n) is 4.53. The summed E-state index contributed by atoms with van der Waals surface area (Å²) in [5.74, 6) is 0.538. The van der Waals surface area contributed by atoms with Crippen molar-refractivity contribution in [2.45, 2.75) is 6.92 Å². The van der Waals surface area contributed by atoms with Crippen LogP contribution < -0.4 is 5.73 Å². The molecule has 2 N–H and O–H groups in total. The molecule has 5 heteroatoms. The van der Waals surface area contributed by atoms with Crippen LogP contribution in [0, 0.1) is 0 Å². The highest BCUT2D eigenvalue weighted by molar-refractivity contribution is 5.87. The second-order valence-corrected chi connectivity index (χ2v) is 4.53. The number of hydrogen-bond acceptors (Lipinski definition) is 4. The first-order chi connectivity index (χ1) is 10.3. The molecule has 0 saturated heterocycles. The molecule has 0 aliphatic heterocycles. The van der Waals surface area contributed by atoms with Gasteiger partial charge in [0.15, 0.2) is 5.82 Å². The third-order valence-electron chi connectivity index (χ3n) is 3.09. The molecule has 2 aromatic heterocycles. The molecule has 1 aromatic carbocycles. The molecule has 5 nitrogen and oxygen atoms in total. The Morgan fingerprint density at radius 2 is 2.10 bits per heavy atom. The minimum atomic E-state index is 0.538. The van der Waals surface area contributed by atoms with E-state index in [1.807, 2.05) is 49.4 Å². The van der Waals surface area contributed by atoms with Crippen molar-refractivity contribution in [2.75, 3.05) is 12.3 Å². The summed E-state index contributed by atoms with van der Waals surface area (Å²) in [6.07, 6.45) is 5.26. The summed E-state index contributed by atoms with van der Waals surface area (Å²) in [6, 6.07) is 11.7. The molecule has 0 aliphatic carbocycles. The Hall–Kier alpha value is -2.82. The second kappa shape index (κ2) is 5.66. The number of nitrogens with zero attached hydrogens (tertiary/aromatic N) is 3. The van der Waals surface area contributed by atoms with Gasteiger partial charge in [-0.1, -0.05) is 18.2 Å². The van der Waals surface area contributed by atoms with E-state index < -0.39 is 0 Å². The van der Waals surface area contributed by atoms with Gasteiger partial charge < -0.3 is 10.5 Å². The van der Waals surface area contributed by atoms with Gasteiger partial charge >= 0.3 is 0 Å². The van der Waals surface area contributed by atoms with Gasteiger partial charge in [-0.15, -0.1) is 0 Å². The van der Waals surface area contributed by atoms with Crippen molar-refractivity contribution in [1.29, 1.82) is 0 Å². The van der Waals surface area contributed by atoms with Crippen molar-refractivity contribution < 1.29 is 4.74 Å². The van der Waals surface area contributed by atoms with Crippen LogP contribution >= 0.6 is 0 Å². The summed E-state index contributed by atoms with van der Waals surface area (Å²) in [4.78, 5) is 4.39. The van der Waals surface area contributed by atoms with E-state index in [4.69, 9.17) is 10.5 Å². The molecule has 0 fully saturated rings.